The highest BCUT2D eigenvalue weighted by atomic mass is 19.2. The zero-order valence-corrected chi connectivity index (χ0v) is 9.82. The van der Waals surface area contributed by atoms with E-state index in [2.05, 4.69) is 10.6 Å². The molecule has 1 fully saturated rings. The van der Waals surface area contributed by atoms with Crippen LogP contribution in [0.3, 0.4) is 0 Å². The minimum atomic E-state index is -1.11. The Balaban J connectivity index is 1.96. The van der Waals surface area contributed by atoms with Crippen LogP contribution >= 0.6 is 0 Å². The van der Waals surface area contributed by atoms with Crippen LogP contribution in [0.1, 0.15) is 12.8 Å². The molecule has 0 radical (unpaired) electrons. The van der Waals surface area contributed by atoms with Crippen molar-refractivity contribution < 1.29 is 23.5 Å². The van der Waals surface area contributed by atoms with Gasteiger partial charge in [-0.2, -0.15) is 0 Å². The summed E-state index contributed by atoms with van der Waals surface area (Å²) in [5.41, 5.74) is 0.0522. The number of hydrogen-bond acceptors (Lipinski definition) is 2. The predicted molar refractivity (Wildman–Crippen MR) is 62.7 cm³/mol. The summed E-state index contributed by atoms with van der Waals surface area (Å²) in [6, 6.07) is 1.17. The molecule has 5 nitrogen and oxygen atoms in total. The molecule has 1 atom stereocenters. The summed E-state index contributed by atoms with van der Waals surface area (Å²) in [5.74, 6) is -3.28. The first-order chi connectivity index (χ1) is 8.97. The van der Waals surface area contributed by atoms with Crippen LogP contribution in [0.15, 0.2) is 18.2 Å². The number of rotatable bonds is 4. The molecule has 102 valence electrons. The van der Waals surface area contributed by atoms with E-state index < -0.39 is 29.7 Å². The van der Waals surface area contributed by atoms with Crippen molar-refractivity contribution in [3.8, 4) is 0 Å². The van der Waals surface area contributed by atoms with Gasteiger partial charge in [0.25, 0.3) is 0 Å². The van der Waals surface area contributed by atoms with Gasteiger partial charge in [0.1, 0.15) is 6.04 Å². The fourth-order valence-corrected chi connectivity index (χ4v) is 1.69. The topological polar surface area (TPSA) is 78.4 Å². The Labute approximate surface area is 107 Å². The van der Waals surface area contributed by atoms with Crippen molar-refractivity contribution in [2.24, 2.45) is 5.92 Å². The quantitative estimate of drug-likeness (QED) is 0.782. The van der Waals surface area contributed by atoms with E-state index in [4.69, 9.17) is 5.11 Å². The highest BCUT2D eigenvalue weighted by Gasteiger charge is 2.37. The van der Waals surface area contributed by atoms with Crippen molar-refractivity contribution in [2.75, 3.05) is 5.32 Å². The maximum absolute atomic E-state index is 12.9. The largest absolute Gasteiger partial charge is 0.480 e. The van der Waals surface area contributed by atoms with Crippen molar-refractivity contribution in [1.82, 2.24) is 5.32 Å². The van der Waals surface area contributed by atoms with Crippen LogP contribution in [0.4, 0.5) is 19.3 Å². The molecule has 1 aliphatic carbocycles. The molecular weight excluding hydrogens is 258 g/mol. The van der Waals surface area contributed by atoms with E-state index in [-0.39, 0.29) is 11.6 Å². The molecule has 0 bridgehead atoms. The van der Waals surface area contributed by atoms with Gasteiger partial charge in [-0.25, -0.2) is 18.4 Å². The van der Waals surface area contributed by atoms with E-state index in [1.54, 1.807) is 0 Å². The Morgan fingerprint density at radius 2 is 1.95 bits per heavy atom. The van der Waals surface area contributed by atoms with Gasteiger partial charge in [0, 0.05) is 11.8 Å². The van der Waals surface area contributed by atoms with Crippen molar-refractivity contribution in [3.63, 3.8) is 0 Å². The van der Waals surface area contributed by atoms with Crippen molar-refractivity contribution >= 4 is 17.7 Å². The lowest BCUT2D eigenvalue weighted by Gasteiger charge is -2.14. The van der Waals surface area contributed by atoms with Gasteiger partial charge >= 0.3 is 12.0 Å². The van der Waals surface area contributed by atoms with E-state index in [0.717, 1.165) is 25.0 Å². The summed E-state index contributed by atoms with van der Waals surface area (Å²) < 4.78 is 25.6. The highest BCUT2D eigenvalue weighted by molar-refractivity contribution is 5.92. The van der Waals surface area contributed by atoms with Crippen LogP contribution in [0, 0.1) is 17.6 Å². The number of nitrogens with one attached hydrogen (secondary N) is 2. The number of carboxylic acids is 1. The van der Waals surface area contributed by atoms with Gasteiger partial charge in [-0.15, -0.1) is 0 Å². The maximum atomic E-state index is 12.9. The SMILES string of the molecule is O=C(Nc1ccc(F)c(F)c1)NC(C(=O)O)C1CC1. The zero-order valence-electron chi connectivity index (χ0n) is 9.82. The minimum absolute atomic E-state index is 0.0522. The summed E-state index contributed by atoms with van der Waals surface area (Å²) in [5, 5.41) is 13.5. The third-order valence-corrected chi connectivity index (χ3v) is 2.82. The number of aliphatic carboxylic acids is 1. The van der Waals surface area contributed by atoms with Gasteiger partial charge in [0.15, 0.2) is 11.6 Å². The maximum Gasteiger partial charge on any atom is 0.326 e. The first-order valence-corrected chi connectivity index (χ1v) is 5.73. The summed E-state index contributed by atoms with van der Waals surface area (Å²) >= 11 is 0. The van der Waals surface area contributed by atoms with E-state index in [1.165, 1.54) is 6.07 Å². The van der Waals surface area contributed by atoms with E-state index >= 15 is 0 Å². The number of carbonyl (C=O) groups excluding carboxylic acids is 1. The zero-order chi connectivity index (χ0) is 14.0. The second-order valence-electron chi connectivity index (χ2n) is 4.38. The second-order valence-corrected chi connectivity index (χ2v) is 4.38. The molecule has 1 aromatic carbocycles. The molecule has 0 heterocycles. The van der Waals surface area contributed by atoms with E-state index in [1.807, 2.05) is 0 Å². The lowest BCUT2D eigenvalue weighted by atomic mass is 10.2. The Morgan fingerprint density at radius 3 is 2.47 bits per heavy atom. The van der Waals surface area contributed by atoms with Crippen molar-refractivity contribution in [2.45, 2.75) is 18.9 Å². The molecule has 1 aliphatic rings. The van der Waals surface area contributed by atoms with Crippen LogP contribution in [0.25, 0.3) is 0 Å². The summed E-state index contributed by atoms with van der Waals surface area (Å²) in [7, 11) is 0. The Morgan fingerprint density at radius 1 is 1.26 bits per heavy atom. The Kier molecular flexibility index (Phi) is 3.64. The number of hydrogen-bond donors (Lipinski definition) is 3. The molecule has 0 saturated heterocycles. The average Bonchev–Trinajstić information content (AvgIpc) is 3.14. The first-order valence-electron chi connectivity index (χ1n) is 5.73. The van der Waals surface area contributed by atoms with Gasteiger partial charge in [-0.3, -0.25) is 0 Å². The molecule has 2 amide bonds. The molecule has 3 N–H and O–H groups in total. The Hall–Kier alpha value is -2.18. The molecule has 7 heteroatoms. The molecule has 0 aliphatic heterocycles. The summed E-state index contributed by atoms with van der Waals surface area (Å²) in [6.45, 7) is 0. The Bertz CT molecular complexity index is 518. The van der Waals surface area contributed by atoms with E-state index in [0.29, 0.717) is 0 Å². The molecule has 0 spiro atoms. The number of amides is 2. The van der Waals surface area contributed by atoms with Crippen LogP contribution in [0.2, 0.25) is 0 Å². The number of carbonyl (C=O) groups is 2. The molecular formula is C12H12F2N2O3. The molecule has 2 rings (SSSR count). The normalized spacial score (nSPS) is 15.7. The molecule has 1 unspecified atom stereocenters. The fourth-order valence-electron chi connectivity index (χ4n) is 1.69. The second kappa shape index (κ2) is 5.21. The van der Waals surface area contributed by atoms with Crippen LogP contribution in [-0.2, 0) is 4.79 Å². The van der Waals surface area contributed by atoms with Crippen LogP contribution in [-0.4, -0.2) is 23.1 Å². The standard InChI is InChI=1S/C12H12F2N2O3/c13-8-4-3-7(5-9(8)14)15-12(19)16-10(11(17)18)6-1-2-6/h3-6,10H,1-2H2,(H,17,18)(H2,15,16,19). The summed E-state index contributed by atoms with van der Waals surface area (Å²) in [6.07, 6.45) is 1.50. The van der Waals surface area contributed by atoms with E-state index in [9.17, 15) is 18.4 Å². The number of anilines is 1. The molecule has 1 aromatic rings. The lowest BCUT2D eigenvalue weighted by Crippen LogP contribution is -2.44. The molecule has 19 heavy (non-hydrogen) atoms. The van der Waals surface area contributed by atoms with Crippen LogP contribution < -0.4 is 10.6 Å². The van der Waals surface area contributed by atoms with Gasteiger partial charge in [0.2, 0.25) is 0 Å². The van der Waals surface area contributed by atoms with Gasteiger partial charge < -0.3 is 15.7 Å². The summed E-state index contributed by atoms with van der Waals surface area (Å²) in [4.78, 5) is 22.5. The van der Waals surface area contributed by atoms with Gasteiger partial charge in [0.05, 0.1) is 0 Å². The third kappa shape index (κ3) is 3.40. The van der Waals surface area contributed by atoms with Crippen molar-refractivity contribution in [1.29, 1.82) is 0 Å². The van der Waals surface area contributed by atoms with Gasteiger partial charge in [-0.05, 0) is 30.9 Å². The first kappa shape index (κ1) is 13.3. The smallest absolute Gasteiger partial charge is 0.326 e. The predicted octanol–water partition coefficient (Wildman–Crippen LogP) is 1.95. The average molecular weight is 270 g/mol. The highest BCUT2D eigenvalue weighted by Crippen LogP contribution is 2.32. The number of halogens is 2. The fraction of sp³-hybridized carbons (Fsp3) is 0.333. The monoisotopic (exact) mass is 270 g/mol. The van der Waals surface area contributed by atoms with Crippen molar-refractivity contribution in [3.05, 3.63) is 29.8 Å². The van der Waals surface area contributed by atoms with Crippen LogP contribution in [0.5, 0.6) is 0 Å². The third-order valence-electron chi connectivity index (χ3n) is 2.82. The minimum Gasteiger partial charge on any atom is -0.480 e. The lowest BCUT2D eigenvalue weighted by molar-refractivity contribution is -0.139. The number of urea groups is 1. The number of benzene rings is 1. The molecule has 1 saturated carbocycles. The molecule has 0 aromatic heterocycles. The number of carboxylic acid groups (broad SMARTS) is 1. The van der Waals surface area contributed by atoms with Gasteiger partial charge in [-0.1, -0.05) is 0 Å².